The number of hydrogen-bond donors (Lipinski definition) is 0. The van der Waals surface area contributed by atoms with Gasteiger partial charge in [0.25, 0.3) is 11.5 Å². The van der Waals surface area contributed by atoms with E-state index in [0.29, 0.717) is 26.4 Å². The second kappa shape index (κ2) is 9.99. The molecule has 1 saturated heterocycles. The van der Waals surface area contributed by atoms with Gasteiger partial charge in [0.15, 0.2) is 0 Å². The Morgan fingerprint density at radius 2 is 1.97 bits per heavy atom. The van der Waals surface area contributed by atoms with Crippen molar-refractivity contribution >= 4 is 45.9 Å². The third-order valence-corrected chi connectivity index (χ3v) is 7.47. The molecule has 0 aliphatic carbocycles. The van der Waals surface area contributed by atoms with Crippen molar-refractivity contribution in [3.8, 4) is 11.6 Å². The van der Waals surface area contributed by atoms with Crippen LogP contribution in [0.1, 0.15) is 47.8 Å². The number of amides is 1. The van der Waals surface area contributed by atoms with E-state index in [1.54, 1.807) is 30.7 Å². The summed E-state index contributed by atoms with van der Waals surface area (Å²) in [5, 5.41) is 0. The molecule has 4 aromatic rings. The Hall–Kier alpha value is -3.69. The third-order valence-electron chi connectivity index (χ3n) is 6.09. The monoisotopic (exact) mass is 531 g/mol. The predicted octanol–water partition coefficient (Wildman–Crippen LogP) is 6.22. The Bertz CT molecular complexity index is 1620. The van der Waals surface area contributed by atoms with Gasteiger partial charge in [-0.3, -0.25) is 18.9 Å². The third kappa shape index (κ3) is 4.84. The Balaban J connectivity index is 1.64. The summed E-state index contributed by atoms with van der Waals surface area (Å²) in [5.74, 6) is 1.28. The molecule has 3 aromatic heterocycles. The minimum Gasteiger partial charge on any atom is -0.467 e. The standard InChI is InChI=1S/C28H25N3O4S2/c1-16(2)20-10-9-17(3)13-22(20)35-25-21(26(32)30-11-5-7-18(4)24(30)29-25)14-23-27(33)31(28(36)37-23)15-19-8-6-12-34-19/h5-14,16H,15H2,1-4H3/b23-14+. The molecule has 0 spiro atoms. The summed E-state index contributed by atoms with van der Waals surface area (Å²) in [7, 11) is 0. The van der Waals surface area contributed by atoms with Crippen LogP contribution in [0.25, 0.3) is 11.7 Å². The number of fused-ring (bicyclic) bond motifs is 1. The number of thioether (sulfide) groups is 1. The summed E-state index contributed by atoms with van der Waals surface area (Å²) < 4.78 is 13.6. The maximum Gasteiger partial charge on any atom is 0.269 e. The SMILES string of the molecule is Cc1ccc(C(C)C)c(Oc2nc3c(C)cccn3c(=O)c2/C=C2/SC(=S)N(Cc3ccco3)C2=O)c1. The van der Waals surface area contributed by atoms with E-state index in [1.165, 1.54) is 15.4 Å². The topological polar surface area (TPSA) is 77.1 Å². The van der Waals surface area contributed by atoms with E-state index in [0.717, 1.165) is 28.5 Å². The van der Waals surface area contributed by atoms with Gasteiger partial charge < -0.3 is 9.15 Å². The highest BCUT2D eigenvalue weighted by atomic mass is 32.2. The van der Waals surface area contributed by atoms with Crippen molar-refractivity contribution < 1.29 is 13.9 Å². The smallest absolute Gasteiger partial charge is 0.269 e. The second-order valence-electron chi connectivity index (χ2n) is 9.17. The molecule has 1 aliphatic heterocycles. The lowest BCUT2D eigenvalue weighted by Gasteiger charge is -2.16. The van der Waals surface area contributed by atoms with Gasteiger partial charge in [0, 0.05) is 6.20 Å². The van der Waals surface area contributed by atoms with Crippen LogP contribution in [-0.2, 0) is 11.3 Å². The quantitative estimate of drug-likeness (QED) is 0.216. The molecule has 188 valence electrons. The molecule has 0 N–H and O–H groups in total. The van der Waals surface area contributed by atoms with Crippen LogP contribution in [0.5, 0.6) is 11.6 Å². The van der Waals surface area contributed by atoms with Gasteiger partial charge in [0.05, 0.1) is 17.7 Å². The number of thiocarbonyl (C=S) groups is 1. The van der Waals surface area contributed by atoms with Gasteiger partial charge in [0.2, 0.25) is 5.88 Å². The fraction of sp³-hybridized carbons (Fsp3) is 0.214. The summed E-state index contributed by atoms with van der Waals surface area (Å²) >= 11 is 6.60. The first kappa shape index (κ1) is 25.0. The van der Waals surface area contributed by atoms with Gasteiger partial charge in [-0.05, 0) is 66.8 Å². The first-order chi connectivity index (χ1) is 17.7. The number of pyridine rings is 1. The van der Waals surface area contributed by atoms with Crippen LogP contribution in [0.3, 0.4) is 0 Å². The zero-order valence-corrected chi connectivity index (χ0v) is 22.5. The highest BCUT2D eigenvalue weighted by Gasteiger charge is 2.33. The Morgan fingerprint density at radius 1 is 1.16 bits per heavy atom. The van der Waals surface area contributed by atoms with Crippen LogP contribution < -0.4 is 10.3 Å². The van der Waals surface area contributed by atoms with Gasteiger partial charge in [0.1, 0.15) is 27.0 Å². The van der Waals surface area contributed by atoms with Crippen molar-refractivity contribution in [2.75, 3.05) is 0 Å². The van der Waals surface area contributed by atoms with Crippen LogP contribution in [0.4, 0.5) is 0 Å². The molecule has 0 saturated carbocycles. The van der Waals surface area contributed by atoms with E-state index in [1.807, 2.05) is 38.1 Å². The molecular weight excluding hydrogens is 506 g/mol. The number of hydrogen-bond acceptors (Lipinski definition) is 7. The highest BCUT2D eigenvalue weighted by Crippen LogP contribution is 2.36. The second-order valence-corrected chi connectivity index (χ2v) is 10.8. The van der Waals surface area contributed by atoms with E-state index in [-0.39, 0.29) is 35.4 Å². The average Bonchev–Trinajstić information content (AvgIpc) is 3.46. The molecule has 37 heavy (non-hydrogen) atoms. The average molecular weight is 532 g/mol. The van der Waals surface area contributed by atoms with Gasteiger partial charge in [-0.15, -0.1) is 0 Å². The number of carbonyl (C=O) groups excluding carboxylic acids is 1. The predicted molar refractivity (Wildman–Crippen MR) is 149 cm³/mol. The minimum atomic E-state index is -0.334. The van der Waals surface area contributed by atoms with E-state index < -0.39 is 0 Å². The summed E-state index contributed by atoms with van der Waals surface area (Å²) in [4.78, 5) is 33.5. The number of furan rings is 1. The van der Waals surface area contributed by atoms with Crippen molar-refractivity contribution in [3.63, 3.8) is 0 Å². The number of carbonyl (C=O) groups is 1. The van der Waals surface area contributed by atoms with Crippen molar-refractivity contribution in [1.29, 1.82) is 0 Å². The van der Waals surface area contributed by atoms with Gasteiger partial charge in [-0.25, -0.2) is 0 Å². The molecule has 4 heterocycles. The molecule has 5 rings (SSSR count). The lowest BCUT2D eigenvalue weighted by Crippen LogP contribution is -2.27. The summed E-state index contributed by atoms with van der Waals surface area (Å²) in [5.41, 5.74) is 3.18. The van der Waals surface area contributed by atoms with E-state index in [4.69, 9.17) is 26.4 Å². The Kier molecular flexibility index (Phi) is 6.74. The van der Waals surface area contributed by atoms with Crippen molar-refractivity contribution in [2.24, 2.45) is 0 Å². The Morgan fingerprint density at radius 3 is 2.70 bits per heavy atom. The molecule has 0 atom stereocenters. The number of nitrogens with zero attached hydrogens (tertiary/aromatic N) is 3. The minimum absolute atomic E-state index is 0.142. The molecule has 0 radical (unpaired) electrons. The number of aromatic nitrogens is 2. The fourth-order valence-electron chi connectivity index (χ4n) is 4.13. The van der Waals surface area contributed by atoms with Gasteiger partial charge >= 0.3 is 0 Å². The molecule has 1 fully saturated rings. The lowest BCUT2D eigenvalue weighted by molar-refractivity contribution is -0.122. The van der Waals surface area contributed by atoms with Crippen molar-refractivity contribution in [2.45, 2.75) is 40.2 Å². The first-order valence-electron chi connectivity index (χ1n) is 11.8. The number of ether oxygens (including phenoxy) is 1. The van der Waals surface area contributed by atoms with E-state index >= 15 is 0 Å². The molecule has 0 bridgehead atoms. The van der Waals surface area contributed by atoms with Crippen LogP contribution in [0, 0.1) is 13.8 Å². The summed E-state index contributed by atoms with van der Waals surface area (Å²) in [6.07, 6.45) is 4.74. The summed E-state index contributed by atoms with van der Waals surface area (Å²) in [6.45, 7) is 8.24. The molecule has 1 aromatic carbocycles. The summed E-state index contributed by atoms with van der Waals surface area (Å²) in [6, 6.07) is 13.2. The van der Waals surface area contributed by atoms with Crippen LogP contribution in [0.15, 0.2) is 69.0 Å². The van der Waals surface area contributed by atoms with E-state index in [9.17, 15) is 9.59 Å². The van der Waals surface area contributed by atoms with Crippen LogP contribution in [-0.4, -0.2) is 24.5 Å². The fourth-order valence-corrected chi connectivity index (χ4v) is 5.37. The number of rotatable bonds is 6. The lowest BCUT2D eigenvalue weighted by atomic mass is 10.0. The number of benzene rings is 1. The van der Waals surface area contributed by atoms with Crippen molar-refractivity contribution in [1.82, 2.24) is 14.3 Å². The molecular formula is C28H25N3O4S2. The van der Waals surface area contributed by atoms with Gasteiger partial charge in [-0.1, -0.05) is 56.0 Å². The largest absolute Gasteiger partial charge is 0.467 e. The van der Waals surface area contributed by atoms with Crippen LogP contribution >= 0.6 is 24.0 Å². The molecule has 0 unspecified atom stereocenters. The van der Waals surface area contributed by atoms with Crippen LogP contribution in [0.2, 0.25) is 0 Å². The zero-order valence-electron chi connectivity index (χ0n) is 20.8. The molecule has 9 heteroatoms. The number of aryl methyl sites for hydroxylation is 2. The highest BCUT2D eigenvalue weighted by molar-refractivity contribution is 8.26. The molecule has 1 amide bonds. The Labute approximate surface area is 223 Å². The van der Waals surface area contributed by atoms with E-state index in [2.05, 4.69) is 13.8 Å². The molecule has 1 aliphatic rings. The molecule has 7 nitrogen and oxygen atoms in total. The normalized spacial score (nSPS) is 14.9. The first-order valence-corrected chi connectivity index (χ1v) is 13.0. The van der Waals surface area contributed by atoms with Crippen molar-refractivity contribution in [3.05, 3.63) is 98.2 Å². The van der Waals surface area contributed by atoms with Gasteiger partial charge in [-0.2, -0.15) is 4.98 Å². The maximum atomic E-state index is 13.7. The maximum absolute atomic E-state index is 13.7. The zero-order chi connectivity index (χ0) is 26.3.